The van der Waals surface area contributed by atoms with Crippen LogP contribution in [-0.4, -0.2) is 5.11 Å². The summed E-state index contributed by atoms with van der Waals surface area (Å²) in [5.41, 5.74) is 3.31. The van der Waals surface area contributed by atoms with Crippen LogP contribution in [0.4, 0.5) is 0 Å². The second-order valence-corrected chi connectivity index (χ2v) is 5.40. The second-order valence-electron chi connectivity index (χ2n) is 4.48. The first kappa shape index (κ1) is 10.8. The summed E-state index contributed by atoms with van der Waals surface area (Å²) in [5.74, 6) is 0.642. The largest absolute Gasteiger partial charge is 0.458 e. The molecule has 2 nitrogen and oxygen atoms in total. The molecule has 3 aromatic rings. The van der Waals surface area contributed by atoms with Crippen molar-refractivity contribution in [3.8, 4) is 0 Å². The molecular weight excluding hydrogens is 232 g/mol. The lowest BCUT2D eigenvalue weighted by atomic mass is 10.0. The topological polar surface area (TPSA) is 33.4 Å². The Bertz CT molecular complexity index is 650. The smallest absolute Gasteiger partial charge is 0.139 e. The number of aryl methyl sites for hydroxylation is 2. The predicted octanol–water partition coefficient (Wildman–Crippen LogP) is 4.32. The van der Waals surface area contributed by atoms with Crippen molar-refractivity contribution in [3.05, 3.63) is 34.4 Å². The van der Waals surface area contributed by atoms with E-state index in [1.54, 1.807) is 18.3 Å². The molecule has 0 fully saturated rings. The first-order chi connectivity index (χ1) is 8.09. The molecule has 1 unspecified atom stereocenters. The Balaban J connectivity index is 2.49. The zero-order chi connectivity index (χ0) is 12.2. The van der Waals surface area contributed by atoms with Gasteiger partial charge in [-0.05, 0) is 49.2 Å². The Labute approximate surface area is 103 Å². The molecule has 1 aromatic carbocycles. The minimum absolute atomic E-state index is 0.556. The summed E-state index contributed by atoms with van der Waals surface area (Å²) in [5, 5.41) is 14.1. The number of fused-ring (bicyclic) bond motifs is 2. The molecule has 0 aliphatic rings. The minimum Gasteiger partial charge on any atom is -0.458 e. The van der Waals surface area contributed by atoms with E-state index in [1.165, 1.54) is 21.2 Å². The molecule has 1 atom stereocenters. The van der Waals surface area contributed by atoms with Gasteiger partial charge in [0.25, 0.3) is 0 Å². The zero-order valence-corrected chi connectivity index (χ0v) is 10.9. The van der Waals surface area contributed by atoms with Crippen molar-refractivity contribution in [2.45, 2.75) is 26.9 Å². The number of hydrogen-bond donors (Lipinski definition) is 1. The van der Waals surface area contributed by atoms with Gasteiger partial charge in [0.15, 0.2) is 0 Å². The summed E-state index contributed by atoms with van der Waals surface area (Å²) in [6.45, 7) is 5.92. The number of thiophene rings is 1. The van der Waals surface area contributed by atoms with E-state index in [0.29, 0.717) is 5.76 Å². The van der Waals surface area contributed by atoms with Crippen LogP contribution in [0.25, 0.3) is 21.1 Å². The third-order valence-corrected chi connectivity index (χ3v) is 4.35. The maximum atomic E-state index is 9.60. The fourth-order valence-corrected chi connectivity index (χ4v) is 3.27. The van der Waals surface area contributed by atoms with Gasteiger partial charge in [0, 0.05) is 15.6 Å². The first-order valence-electron chi connectivity index (χ1n) is 5.67. The highest BCUT2D eigenvalue weighted by Gasteiger charge is 2.16. The molecular formula is C14H14O2S. The average molecular weight is 246 g/mol. The van der Waals surface area contributed by atoms with Gasteiger partial charge in [-0.2, -0.15) is 0 Å². The number of furan rings is 1. The third-order valence-electron chi connectivity index (χ3n) is 3.32. The third kappa shape index (κ3) is 1.43. The summed E-state index contributed by atoms with van der Waals surface area (Å²) in [6.07, 6.45) is -0.556. The van der Waals surface area contributed by atoms with Crippen LogP contribution in [0.1, 0.15) is 29.9 Å². The maximum absolute atomic E-state index is 9.60. The molecule has 0 saturated heterocycles. The fraction of sp³-hybridized carbons (Fsp3) is 0.286. The van der Waals surface area contributed by atoms with Gasteiger partial charge in [0.1, 0.15) is 17.4 Å². The molecule has 0 aliphatic heterocycles. The van der Waals surface area contributed by atoms with Crippen molar-refractivity contribution in [1.82, 2.24) is 0 Å². The van der Waals surface area contributed by atoms with Crippen LogP contribution >= 0.6 is 11.3 Å². The van der Waals surface area contributed by atoms with E-state index in [1.807, 2.05) is 6.07 Å². The quantitative estimate of drug-likeness (QED) is 0.693. The Kier molecular flexibility index (Phi) is 2.28. The van der Waals surface area contributed by atoms with E-state index in [9.17, 15) is 5.11 Å². The van der Waals surface area contributed by atoms with Gasteiger partial charge in [0.05, 0.1) is 0 Å². The van der Waals surface area contributed by atoms with Crippen molar-refractivity contribution >= 4 is 32.4 Å². The molecule has 0 aliphatic carbocycles. The molecule has 88 valence electrons. The predicted molar refractivity (Wildman–Crippen MR) is 71.7 cm³/mol. The zero-order valence-electron chi connectivity index (χ0n) is 10.1. The van der Waals surface area contributed by atoms with E-state index in [2.05, 4.69) is 25.3 Å². The van der Waals surface area contributed by atoms with E-state index < -0.39 is 6.10 Å². The SMILES string of the molecule is Cc1c2cc(C(C)O)oc2c(C)c2sccc12. The molecule has 1 N–H and O–H groups in total. The van der Waals surface area contributed by atoms with Crippen LogP contribution in [-0.2, 0) is 0 Å². The van der Waals surface area contributed by atoms with Gasteiger partial charge < -0.3 is 9.52 Å². The number of aliphatic hydroxyl groups excluding tert-OH is 1. The van der Waals surface area contributed by atoms with Crippen LogP contribution in [0.2, 0.25) is 0 Å². The van der Waals surface area contributed by atoms with Crippen LogP contribution in [0.3, 0.4) is 0 Å². The minimum atomic E-state index is -0.556. The van der Waals surface area contributed by atoms with Gasteiger partial charge in [-0.1, -0.05) is 0 Å². The Hall–Kier alpha value is -1.32. The maximum Gasteiger partial charge on any atom is 0.139 e. The first-order valence-corrected chi connectivity index (χ1v) is 6.55. The number of hydrogen-bond acceptors (Lipinski definition) is 3. The molecule has 0 amide bonds. The van der Waals surface area contributed by atoms with E-state index in [-0.39, 0.29) is 0 Å². The van der Waals surface area contributed by atoms with Gasteiger partial charge in [0.2, 0.25) is 0 Å². The summed E-state index contributed by atoms with van der Waals surface area (Å²) in [6, 6.07) is 4.11. The molecule has 0 spiro atoms. The fourth-order valence-electron chi connectivity index (χ4n) is 2.32. The van der Waals surface area contributed by atoms with Gasteiger partial charge >= 0.3 is 0 Å². The summed E-state index contributed by atoms with van der Waals surface area (Å²) in [7, 11) is 0. The Morgan fingerprint density at radius 2 is 2.00 bits per heavy atom. The van der Waals surface area contributed by atoms with Crippen LogP contribution in [0, 0.1) is 13.8 Å². The second kappa shape index (κ2) is 3.59. The average Bonchev–Trinajstić information content (AvgIpc) is 2.92. The highest BCUT2D eigenvalue weighted by molar-refractivity contribution is 7.17. The van der Waals surface area contributed by atoms with Gasteiger partial charge in [-0.3, -0.25) is 0 Å². The number of benzene rings is 1. The van der Waals surface area contributed by atoms with Crippen molar-refractivity contribution in [2.24, 2.45) is 0 Å². The van der Waals surface area contributed by atoms with Crippen molar-refractivity contribution < 1.29 is 9.52 Å². The van der Waals surface area contributed by atoms with Crippen LogP contribution in [0.15, 0.2) is 21.9 Å². The molecule has 17 heavy (non-hydrogen) atoms. The van der Waals surface area contributed by atoms with Crippen molar-refractivity contribution in [2.75, 3.05) is 0 Å². The number of aliphatic hydroxyl groups is 1. The molecule has 3 heteroatoms. The standard InChI is InChI=1S/C14H14O2S/c1-7-10-4-5-17-14(10)8(2)13-11(7)6-12(16-13)9(3)15/h4-6,9,15H,1-3H3. The van der Waals surface area contributed by atoms with E-state index >= 15 is 0 Å². The highest BCUT2D eigenvalue weighted by Crippen LogP contribution is 2.37. The van der Waals surface area contributed by atoms with Crippen LogP contribution < -0.4 is 0 Å². The summed E-state index contributed by atoms with van der Waals surface area (Å²) >= 11 is 1.74. The molecule has 0 bridgehead atoms. The van der Waals surface area contributed by atoms with Crippen molar-refractivity contribution in [3.63, 3.8) is 0 Å². The van der Waals surface area contributed by atoms with Crippen molar-refractivity contribution in [1.29, 1.82) is 0 Å². The lowest BCUT2D eigenvalue weighted by Crippen LogP contribution is -1.85. The van der Waals surface area contributed by atoms with Gasteiger partial charge in [-0.15, -0.1) is 11.3 Å². The van der Waals surface area contributed by atoms with E-state index in [0.717, 1.165) is 11.0 Å². The molecule has 0 saturated carbocycles. The normalized spacial score (nSPS) is 13.6. The highest BCUT2D eigenvalue weighted by atomic mass is 32.1. The Morgan fingerprint density at radius 3 is 2.71 bits per heavy atom. The molecule has 2 heterocycles. The van der Waals surface area contributed by atoms with E-state index in [4.69, 9.17) is 4.42 Å². The monoisotopic (exact) mass is 246 g/mol. The molecule has 0 radical (unpaired) electrons. The Morgan fingerprint density at radius 1 is 1.24 bits per heavy atom. The molecule has 3 rings (SSSR count). The number of rotatable bonds is 1. The van der Waals surface area contributed by atoms with Gasteiger partial charge in [-0.25, -0.2) is 0 Å². The molecule has 2 aromatic heterocycles. The van der Waals surface area contributed by atoms with Crippen LogP contribution in [0.5, 0.6) is 0 Å². The lowest BCUT2D eigenvalue weighted by Gasteiger charge is -2.02. The summed E-state index contributed by atoms with van der Waals surface area (Å²) in [4.78, 5) is 0. The summed E-state index contributed by atoms with van der Waals surface area (Å²) < 4.78 is 7.05. The lowest BCUT2D eigenvalue weighted by molar-refractivity contribution is 0.172.